The highest BCUT2D eigenvalue weighted by Gasteiger charge is 2.29. The van der Waals surface area contributed by atoms with Crippen LogP contribution in [0.25, 0.3) is 0 Å². The van der Waals surface area contributed by atoms with E-state index in [4.69, 9.17) is 0 Å². The van der Waals surface area contributed by atoms with Crippen molar-refractivity contribution in [2.45, 2.75) is 45.3 Å². The summed E-state index contributed by atoms with van der Waals surface area (Å²) in [7, 11) is 0. The van der Waals surface area contributed by atoms with Gasteiger partial charge in [-0.2, -0.15) is 0 Å². The maximum atomic E-state index is 13.1. The predicted molar refractivity (Wildman–Crippen MR) is 94.8 cm³/mol. The zero-order valence-electron chi connectivity index (χ0n) is 15.1. The topological polar surface area (TPSA) is 54.3 Å². The minimum Gasteiger partial charge on any atom is -0.343 e. The summed E-state index contributed by atoms with van der Waals surface area (Å²) in [5, 5.41) is 8.90. The molecule has 26 heavy (non-hydrogen) atoms. The Morgan fingerprint density at radius 3 is 2.54 bits per heavy atom. The second kappa shape index (κ2) is 7.15. The molecule has 1 aromatic heterocycles. The molecule has 0 saturated carbocycles. The fourth-order valence-electron chi connectivity index (χ4n) is 3.97. The van der Waals surface area contributed by atoms with Crippen molar-refractivity contribution < 1.29 is 9.18 Å². The Kier molecular flexibility index (Phi) is 4.72. The van der Waals surface area contributed by atoms with Gasteiger partial charge in [-0.1, -0.05) is 12.1 Å². The smallest absolute Gasteiger partial charge is 0.219 e. The molecule has 3 heterocycles. The van der Waals surface area contributed by atoms with E-state index in [2.05, 4.69) is 19.7 Å². The van der Waals surface area contributed by atoms with E-state index in [0.29, 0.717) is 5.92 Å². The number of hydrogen-bond acceptors (Lipinski definition) is 4. The lowest BCUT2D eigenvalue weighted by Crippen LogP contribution is -2.38. The highest BCUT2D eigenvalue weighted by Crippen LogP contribution is 2.28. The normalized spacial score (nSPS) is 18.8. The van der Waals surface area contributed by atoms with E-state index in [1.165, 1.54) is 12.1 Å². The third-order valence-corrected chi connectivity index (χ3v) is 5.49. The van der Waals surface area contributed by atoms with E-state index in [1.807, 2.05) is 17.0 Å². The standard InChI is InChI=1S/C19H24FN5O/c1-14(26)24-8-6-16(7-9-24)19-22-21-18-13-23(10-11-25(18)19)12-15-2-4-17(20)5-3-15/h2-5,16H,6-13H2,1H3. The van der Waals surface area contributed by atoms with Gasteiger partial charge >= 0.3 is 0 Å². The molecule has 2 aliphatic heterocycles. The highest BCUT2D eigenvalue weighted by atomic mass is 19.1. The Bertz CT molecular complexity index is 780. The van der Waals surface area contributed by atoms with E-state index in [0.717, 1.165) is 69.3 Å². The summed E-state index contributed by atoms with van der Waals surface area (Å²) < 4.78 is 15.3. The maximum Gasteiger partial charge on any atom is 0.219 e. The molecular formula is C19H24FN5O. The second-order valence-corrected chi connectivity index (χ2v) is 7.24. The van der Waals surface area contributed by atoms with Gasteiger partial charge in [0.2, 0.25) is 5.91 Å². The van der Waals surface area contributed by atoms with Crippen LogP contribution in [0.5, 0.6) is 0 Å². The summed E-state index contributed by atoms with van der Waals surface area (Å²) >= 11 is 0. The first-order valence-corrected chi connectivity index (χ1v) is 9.24. The lowest BCUT2D eigenvalue weighted by Gasteiger charge is -2.32. The molecule has 0 aliphatic carbocycles. The van der Waals surface area contributed by atoms with Crippen LogP contribution in [0.3, 0.4) is 0 Å². The summed E-state index contributed by atoms with van der Waals surface area (Å²) in [4.78, 5) is 15.7. The predicted octanol–water partition coefficient (Wildman–Crippen LogP) is 2.16. The molecule has 0 unspecified atom stereocenters. The first-order chi connectivity index (χ1) is 12.6. The zero-order valence-corrected chi connectivity index (χ0v) is 15.1. The van der Waals surface area contributed by atoms with Crippen molar-refractivity contribution in [3.8, 4) is 0 Å². The Morgan fingerprint density at radius 2 is 1.85 bits per heavy atom. The molecule has 4 rings (SSSR count). The van der Waals surface area contributed by atoms with E-state index >= 15 is 0 Å². The average Bonchev–Trinajstić information content (AvgIpc) is 3.07. The van der Waals surface area contributed by atoms with Gasteiger partial charge in [0, 0.05) is 45.6 Å². The van der Waals surface area contributed by atoms with Crippen LogP contribution in [-0.4, -0.2) is 50.1 Å². The number of rotatable bonds is 3. The molecule has 2 aromatic rings. The van der Waals surface area contributed by atoms with E-state index < -0.39 is 0 Å². The first-order valence-electron chi connectivity index (χ1n) is 9.24. The number of carbonyl (C=O) groups excluding carboxylic acids is 1. The summed E-state index contributed by atoms with van der Waals surface area (Å²) in [6.07, 6.45) is 1.91. The molecule has 0 atom stereocenters. The largest absolute Gasteiger partial charge is 0.343 e. The van der Waals surface area contributed by atoms with E-state index in [9.17, 15) is 9.18 Å². The van der Waals surface area contributed by atoms with Gasteiger partial charge in [-0.25, -0.2) is 4.39 Å². The third kappa shape index (κ3) is 3.49. The second-order valence-electron chi connectivity index (χ2n) is 7.24. The van der Waals surface area contributed by atoms with Crippen LogP contribution in [0.15, 0.2) is 24.3 Å². The molecule has 0 radical (unpaired) electrons. The number of piperidine rings is 1. The summed E-state index contributed by atoms with van der Waals surface area (Å²) in [6.45, 7) is 6.61. The van der Waals surface area contributed by atoms with Crippen molar-refractivity contribution in [2.75, 3.05) is 19.6 Å². The third-order valence-electron chi connectivity index (χ3n) is 5.49. The van der Waals surface area contributed by atoms with Crippen LogP contribution in [0.1, 0.15) is 42.9 Å². The van der Waals surface area contributed by atoms with Crippen LogP contribution < -0.4 is 0 Å². The number of aromatic nitrogens is 3. The van der Waals surface area contributed by atoms with Gasteiger partial charge in [-0.3, -0.25) is 9.69 Å². The van der Waals surface area contributed by atoms with Crippen molar-refractivity contribution in [2.24, 2.45) is 0 Å². The number of carbonyl (C=O) groups is 1. The van der Waals surface area contributed by atoms with Gasteiger partial charge in [-0.15, -0.1) is 10.2 Å². The van der Waals surface area contributed by atoms with Gasteiger partial charge in [0.25, 0.3) is 0 Å². The maximum absolute atomic E-state index is 13.1. The monoisotopic (exact) mass is 357 g/mol. The number of likely N-dealkylation sites (tertiary alicyclic amines) is 1. The van der Waals surface area contributed by atoms with Crippen LogP contribution in [0, 0.1) is 5.82 Å². The SMILES string of the molecule is CC(=O)N1CCC(c2nnc3n2CCN(Cc2ccc(F)cc2)C3)CC1. The molecule has 2 aliphatic rings. The summed E-state index contributed by atoms with van der Waals surface area (Å²) in [6, 6.07) is 6.69. The fourth-order valence-corrected chi connectivity index (χ4v) is 3.97. The van der Waals surface area contributed by atoms with Crippen LogP contribution in [0.2, 0.25) is 0 Å². The minimum absolute atomic E-state index is 0.156. The lowest BCUT2D eigenvalue weighted by molar-refractivity contribution is -0.129. The molecule has 6 nitrogen and oxygen atoms in total. The van der Waals surface area contributed by atoms with E-state index in [1.54, 1.807) is 6.92 Å². The Balaban J connectivity index is 1.41. The van der Waals surface area contributed by atoms with Gasteiger partial charge in [0.05, 0.1) is 6.54 Å². The molecule has 1 amide bonds. The molecule has 7 heteroatoms. The van der Waals surface area contributed by atoms with Crippen LogP contribution in [-0.2, 0) is 24.4 Å². The lowest BCUT2D eigenvalue weighted by atomic mass is 9.95. The van der Waals surface area contributed by atoms with Gasteiger partial charge < -0.3 is 9.47 Å². The van der Waals surface area contributed by atoms with Gasteiger partial charge in [0.1, 0.15) is 17.5 Å². The summed E-state index contributed by atoms with van der Waals surface area (Å²) in [5.41, 5.74) is 1.11. The molecule has 1 fully saturated rings. The molecule has 1 aromatic carbocycles. The first kappa shape index (κ1) is 17.1. The molecule has 138 valence electrons. The molecule has 1 saturated heterocycles. The van der Waals surface area contributed by atoms with Gasteiger partial charge in [-0.05, 0) is 30.5 Å². The van der Waals surface area contributed by atoms with Crippen molar-refractivity contribution in [1.29, 1.82) is 0 Å². The average molecular weight is 357 g/mol. The minimum atomic E-state index is -0.201. The number of nitrogens with zero attached hydrogens (tertiary/aromatic N) is 5. The zero-order chi connectivity index (χ0) is 18.1. The molecule has 0 N–H and O–H groups in total. The van der Waals surface area contributed by atoms with Crippen molar-refractivity contribution in [3.05, 3.63) is 47.3 Å². The van der Waals surface area contributed by atoms with E-state index in [-0.39, 0.29) is 11.7 Å². The number of halogens is 1. The number of fused-ring (bicyclic) bond motifs is 1. The Labute approximate surface area is 152 Å². The van der Waals surface area contributed by atoms with Crippen molar-refractivity contribution in [1.82, 2.24) is 24.6 Å². The highest BCUT2D eigenvalue weighted by molar-refractivity contribution is 5.73. The van der Waals surface area contributed by atoms with Crippen LogP contribution in [0.4, 0.5) is 4.39 Å². The molecule has 0 bridgehead atoms. The summed E-state index contributed by atoms with van der Waals surface area (Å²) in [5.74, 6) is 2.42. The Hall–Kier alpha value is -2.28. The molecule has 0 spiro atoms. The van der Waals surface area contributed by atoms with Crippen molar-refractivity contribution >= 4 is 5.91 Å². The quantitative estimate of drug-likeness (QED) is 0.845. The Morgan fingerprint density at radius 1 is 1.12 bits per heavy atom. The number of hydrogen-bond donors (Lipinski definition) is 0. The number of amides is 1. The van der Waals surface area contributed by atoms with Gasteiger partial charge in [0.15, 0.2) is 0 Å². The molecular weight excluding hydrogens is 333 g/mol. The fraction of sp³-hybridized carbons (Fsp3) is 0.526. The van der Waals surface area contributed by atoms with Crippen molar-refractivity contribution in [3.63, 3.8) is 0 Å². The number of benzene rings is 1. The van der Waals surface area contributed by atoms with Crippen LogP contribution >= 0.6 is 0 Å².